The van der Waals surface area contributed by atoms with Crippen molar-refractivity contribution < 1.29 is 4.74 Å². The maximum absolute atomic E-state index is 5.37. The van der Waals surface area contributed by atoms with Crippen LogP contribution in [0, 0.1) is 5.92 Å². The molecule has 0 aromatic rings. The average molecular weight is 242 g/mol. The van der Waals surface area contributed by atoms with E-state index >= 15 is 0 Å². The standard InChI is InChI=1S/C14H30N2O/c1-7-15-8-9-16(10-13(15)11-17-6)14(4,5)12(2)3/h12-13H,7-11H2,1-6H3. The van der Waals surface area contributed by atoms with Crippen molar-refractivity contribution in [3.8, 4) is 0 Å². The molecule has 1 aliphatic rings. The van der Waals surface area contributed by atoms with Gasteiger partial charge in [0.05, 0.1) is 6.61 Å². The highest BCUT2D eigenvalue weighted by molar-refractivity contribution is 4.91. The van der Waals surface area contributed by atoms with Gasteiger partial charge in [-0.15, -0.1) is 0 Å². The quantitative estimate of drug-likeness (QED) is 0.734. The highest BCUT2D eigenvalue weighted by Crippen LogP contribution is 2.26. The Labute approximate surface area is 107 Å². The van der Waals surface area contributed by atoms with E-state index in [9.17, 15) is 0 Å². The SMILES string of the molecule is CCN1CCN(C(C)(C)C(C)C)CC1COC. The van der Waals surface area contributed by atoms with E-state index in [-0.39, 0.29) is 5.54 Å². The molecule has 0 aliphatic carbocycles. The molecule has 1 aliphatic heterocycles. The van der Waals surface area contributed by atoms with Crippen LogP contribution in [0.2, 0.25) is 0 Å². The summed E-state index contributed by atoms with van der Waals surface area (Å²) in [4.78, 5) is 5.17. The van der Waals surface area contributed by atoms with Crippen LogP contribution >= 0.6 is 0 Å². The summed E-state index contributed by atoms with van der Waals surface area (Å²) in [6, 6.07) is 0.553. The van der Waals surface area contributed by atoms with Crippen molar-refractivity contribution in [2.24, 2.45) is 5.92 Å². The number of hydrogen-bond donors (Lipinski definition) is 0. The minimum Gasteiger partial charge on any atom is -0.383 e. The molecule has 3 nitrogen and oxygen atoms in total. The number of rotatable bonds is 5. The molecule has 17 heavy (non-hydrogen) atoms. The molecule has 1 atom stereocenters. The van der Waals surface area contributed by atoms with E-state index in [1.165, 1.54) is 13.1 Å². The summed E-state index contributed by atoms with van der Waals surface area (Å²) < 4.78 is 5.37. The van der Waals surface area contributed by atoms with Gasteiger partial charge in [0.25, 0.3) is 0 Å². The van der Waals surface area contributed by atoms with Crippen LogP contribution in [0.1, 0.15) is 34.6 Å². The second-order valence-corrected chi connectivity index (χ2v) is 5.99. The first kappa shape index (κ1) is 14.9. The number of hydrogen-bond acceptors (Lipinski definition) is 3. The Morgan fingerprint density at radius 1 is 1.29 bits per heavy atom. The second kappa shape index (κ2) is 6.17. The first-order valence-corrected chi connectivity index (χ1v) is 6.91. The van der Waals surface area contributed by atoms with Crippen molar-refractivity contribution in [3.05, 3.63) is 0 Å². The molecular formula is C14H30N2O. The van der Waals surface area contributed by atoms with Gasteiger partial charge in [0.15, 0.2) is 0 Å². The third-order valence-corrected chi connectivity index (χ3v) is 4.60. The van der Waals surface area contributed by atoms with Gasteiger partial charge in [-0.25, -0.2) is 0 Å². The molecule has 1 rings (SSSR count). The summed E-state index contributed by atoms with van der Waals surface area (Å²) in [5.41, 5.74) is 0.284. The van der Waals surface area contributed by atoms with Gasteiger partial charge in [-0.1, -0.05) is 20.8 Å². The van der Waals surface area contributed by atoms with Gasteiger partial charge in [-0.2, -0.15) is 0 Å². The van der Waals surface area contributed by atoms with Crippen molar-refractivity contribution >= 4 is 0 Å². The summed E-state index contributed by atoms with van der Waals surface area (Å²) in [5.74, 6) is 0.680. The zero-order valence-corrected chi connectivity index (χ0v) is 12.5. The van der Waals surface area contributed by atoms with E-state index in [1.807, 2.05) is 0 Å². The van der Waals surface area contributed by atoms with E-state index in [0.29, 0.717) is 12.0 Å². The second-order valence-electron chi connectivity index (χ2n) is 5.99. The lowest BCUT2D eigenvalue weighted by Gasteiger charge is -2.49. The van der Waals surface area contributed by atoms with Gasteiger partial charge in [0.1, 0.15) is 0 Å². The smallest absolute Gasteiger partial charge is 0.0630 e. The summed E-state index contributed by atoms with van der Waals surface area (Å²) >= 11 is 0. The van der Waals surface area contributed by atoms with Crippen LogP contribution in [0.3, 0.4) is 0 Å². The normalized spacial score (nSPS) is 24.5. The summed E-state index contributed by atoms with van der Waals surface area (Å²) in [6.07, 6.45) is 0. The molecule has 0 amide bonds. The third-order valence-electron chi connectivity index (χ3n) is 4.60. The van der Waals surface area contributed by atoms with E-state index in [4.69, 9.17) is 4.74 Å². The summed E-state index contributed by atoms with van der Waals surface area (Å²) in [7, 11) is 1.81. The number of ether oxygens (including phenoxy) is 1. The largest absolute Gasteiger partial charge is 0.383 e. The highest BCUT2D eigenvalue weighted by atomic mass is 16.5. The summed E-state index contributed by atoms with van der Waals surface area (Å²) in [5, 5.41) is 0. The van der Waals surface area contributed by atoms with E-state index in [0.717, 1.165) is 19.7 Å². The van der Waals surface area contributed by atoms with Crippen molar-refractivity contribution in [3.63, 3.8) is 0 Å². The highest BCUT2D eigenvalue weighted by Gasteiger charge is 2.35. The lowest BCUT2D eigenvalue weighted by Crippen LogP contribution is -2.61. The molecule has 0 N–H and O–H groups in total. The number of likely N-dealkylation sites (N-methyl/N-ethyl adjacent to an activating group) is 1. The lowest BCUT2D eigenvalue weighted by atomic mass is 9.87. The van der Waals surface area contributed by atoms with E-state index in [1.54, 1.807) is 7.11 Å². The fraction of sp³-hybridized carbons (Fsp3) is 1.00. The maximum Gasteiger partial charge on any atom is 0.0630 e. The van der Waals surface area contributed by atoms with Crippen LogP contribution in [-0.4, -0.2) is 61.3 Å². The van der Waals surface area contributed by atoms with Crippen LogP contribution in [-0.2, 0) is 4.74 Å². The molecule has 0 spiro atoms. The molecule has 1 heterocycles. The molecule has 0 radical (unpaired) electrons. The molecular weight excluding hydrogens is 212 g/mol. The van der Waals surface area contributed by atoms with Crippen LogP contribution in [0.4, 0.5) is 0 Å². The Morgan fingerprint density at radius 3 is 2.41 bits per heavy atom. The van der Waals surface area contributed by atoms with Crippen LogP contribution in [0.25, 0.3) is 0 Å². The topological polar surface area (TPSA) is 15.7 Å². The number of piperazine rings is 1. The van der Waals surface area contributed by atoms with Gasteiger partial charge in [-0.3, -0.25) is 9.80 Å². The zero-order chi connectivity index (χ0) is 13.1. The predicted octanol–water partition coefficient (Wildman–Crippen LogP) is 2.07. The van der Waals surface area contributed by atoms with Crippen molar-refractivity contribution in [1.82, 2.24) is 9.80 Å². The number of methoxy groups -OCH3 is 1. The van der Waals surface area contributed by atoms with E-state index < -0.39 is 0 Å². The first-order chi connectivity index (χ1) is 7.93. The molecule has 0 saturated carbocycles. The Bertz CT molecular complexity index is 228. The monoisotopic (exact) mass is 242 g/mol. The van der Waals surface area contributed by atoms with Crippen molar-refractivity contribution in [1.29, 1.82) is 0 Å². The van der Waals surface area contributed by atoms with Crippen molar-refractivity contribution in [2.45, 2.75) is 46.2 Å². The van der Waals surface area contributed by atoms with Gasteiger partial charge < -0.3 is 4.74 Å². The van der Waals surface area contributed by atoms with Crippen LogP contribution in [0.5, 0.6) is 0 Å². The molecule has 0 aromatic carbocycles. The maximum atomic E-state index is 5.37. The minimum atomic E-state index is 0.284. The Kier molecular flexibility index (Phi) is 5.42. The Balaban J connectivity index is 2.67. The minimum absolute atomic E-state index is 0.284. The fourth-order valence-corrected chi connectivity index (χ4v) is 2.55. The van der Waals surface area contributed by atoms with Gasteiger partial charge in [-0.05, 0) is 26.3 Å². The molecule has 1 fully saturated rings. The fourth-order valence-electron chi connectivity index (χ4n) is 2.55. The summed E-state index contributed by atoms with van der Waals surface area (Å²) in [6.45, 7) is 17.1. The molecule has 0 aromatic heterocycles. The molecule has 1 saturated heterocycles. The molecule has 0 bridgehead atoms. The molecule has 3 heteroatoms. The van der Waals surface area contributed by atoms with Gasteiger partial charge in [0, 0.05) is 38.3 Å². The number of nitrogens with zero attached hydrogens (tertiary/aromatic N) is 2. The van der Waals surface area contributed by atoms with Gasteiger partial charge in [0.2, 0.25) is 0 Å². The lowest BCUT2D eigenvalue weighted by molar-refractivity contribution is -0.0259. The Morgan fingerprint density at radius 2 is 1.94 bits per heavy atom. The van der Waals surface area contributed by atoms with Gasteiger partial charge >= 0.3 is 0 Å². The predicted molar refractivity (Wildman–Crippen MR) is 73.4 cm³/mol. The van der Waals surface area contributed by atoms with E-state index in [2.05, 4.69) is 44.4 Å². The van der Waals surface area contributed by atoms with Crippen LogP contribution in [0.15, 0.2) is 0 Å². The average Bonchev–Trinajstić information content (AvgIpc) is 2.29. The third kappa shape index (κ3) is 3.43. The molecule has 102 valence electrons. The van der Waals surface area contributed by atoms with Crippen molar-refractivity contribution in [2.75, 3.05) is 39.9 Å². The zero-order valence-electron chi connectivity index (χ0n) is 12.5. The first-order valence-electron chi connectivity index (χ1n) is 6.91. The molecule has 1 unspecified atom stereocenters. The van der Waals surface area contributed by atoms with Crippen LogP contribution < -0.4 is 0 Å². The Hall–Kier alpha value is -0.120.